The molecule has 78 valence electrons. The fourth-order valence-electron chi connectivity index (χ4n) is 1.15. The van der Waals surface area contributed by atoms with Crippen molar-refractivity contribution < 1.29 is 9.90 Å². The molecule has 0 fully saturated rings. The highest BCUT2D eigenvalue weighted by Gasteiger charge is 2.13. The number of aliphatic hydroxyl groups is 1. The minimum Gasteiger partial charge on any atom is -0.394 e. The van der Waals surface area contributed by atoms with Crippen molar-refractivity contribution in [3.05, 3.63) is 21.9 Å². The van der Waals surface area contributed by atoms with Crippen LogP contribution in [0.2, 0.25) is 0 Å². The van der Waals surface area contributed by atoms with Gasteiger partial charge in [-0.2, -0.15) is 0 Å². The molecule has 0 saturated carbocycles. The molecular formula is C10H15NO2S. The molecule has 2 N–H and O–H groups in total. The van der Waals surface area contributed by atoms with Crippen LogP contribution in [0.15, 0.2) is 11.4 Å². The van der Waals surface area contributed by atoms with Crippen molar-refractivity contribution in [2.75, 3.05) is 6.61 Å². The smallest absolute Gasteiger partial charge is 0.261 e. The van der Waals surface area contributed by atoms with Gasteiger partial charge in [-0.15, -0.1) is 11.3 Å². The second-order valence-corrected chi connectivity index (χ2v) is 4.10. The summed E-state index contributed by atoms with van der Waals surface area (Å²) in [5.41, 5.74) is 1.07. The average molecular weight is 213 g/mol. The van der Waals surface area contributed by atoms with Crippen molar-refractivity contribution in [3.8, 4) is 0 Å². The van der Waals surface area contributed by atoms with Crippen molar-refractivity contribution >= 4 is 17.2 Å². The summed E-state index contributed by atoms with van der Waals surface area (Å²) in [6.45, 7) is 3.77. The van der Waals surface area contributed by atoms with Crippen LogP contribution in [-0.4, -0.2) is 23.7 Å². The second kappa shape index (κ2) is 5.12. The summed E-state index contributed by atoms with van der Waals surface area (Å²) in [6.07, 6.45) is 0.861. The number of carbonyl (C=O) groups excluding carboxylic acids is 1. The van der Waals surface area contributed by atoms with E-state index in [-0.39, 0.29) is 18.6 Å². The summed E-state index contributed by atoms with van der Waals surface area (Å²) in [4.78, 5) is 12.4. The van der Waals surface area contributed by atoms with E-state index in [0.717, 1.165) is 16.9 Å². The molecule has 14 heavy (non-hydrogen) atoms. The van der Waals surface area contributed by atoms with Crippen LogP contribution in [-0.2, 0) is 6.42 Å². The van der Waals surface area contributed by atoms with Gasteiger partial charge in [0.05, 0.1) is 11.5 Å². The van der Waals surface area contributed by atoms with Crippen LogP contribution in [0.4, 0.5) is 0 Å². The van der Waals surface area contributed by atoms with E-state index >= 15 is 0 Å². The summed E-state index contributed by atoms with van der Waals surface area (Å²) >= 11 is 1.44. The molecule has 0 bridgehead atoms. The van der Waals surface area contributed by atoms with Gasteiger partial charge in [0.1, 0.15) is 0 Å². The molecule has 0 aliphatic heterocycles. The molecule has 3 nitrogen and oxygen atoms in total. The van der Waals surface area contributed by atoms with E-state index in [4.69, 9.17) is 5.11 Å². The van der Waals surface area contributed by atoms with Crippen molar-refractivity contribution in [3.63, 3.8) is 0 Å². The highest BCUT2D eigenvalue weighted by Crippen LogP contribution is 2.17. The maximum Gasteiger partial charge on any atom is 0.261 e. The zero-order chi connectivity index (χ0) is 10.6. The van der Waals surface area contributed by atoms with E-state index in [1.54, 1.807) is 6.92 Å². The Morgan fingerprint density at radius 2 is 2.43 bits per heavy atom. The van der Waals surface area contributed by atoms with Crippen molar-refractivity contribution in [1.29, 1.82) is 0 Å². The number of carbonyl (C=O) groups is 1. The zero-order valence-corrected chi connectivity index (χ0v) is 9.23. The molecule has 1 aromatic rings. The van der Waals surface area contributed by atoms with Crippen LogP contribution >= 0.6 is 11.3 Å². The summed E-state index contributed by atoms with van der Waals surface area (Å²) in [5, 5.41) is 13.4. The van der Waals surface area contributed by atoms with Crippen molar-refractivity contribution in [2.45, 2.75) is 26.3 Å². The molecule has 0 aliphatic carbocycles. The maximum atomic E-state index is 11.6. The highest BCUT2D eigenvalue weighted by atomic mass is 32.1. The monoisotopic (exact) mass is 213 g/mol. The fraction of sp³-hybridized carbons (Fsp3) is 0.500. The van der Waals surface area contributed by atoms with Gasteiger partial charge in [0, 0.05) is 6.04 Å². The zero-order valence-electron chi connectivity index (χ0n) is 8.41. The third kappa shape index (κ3) is 2.56. The Morgan fingerprint density at radius 1 is 1.71 bits per heavy atom. The molecule has 1 rings (SSSR count). The summed E-state index contributed by atoms with van der Waals surface area (Å²) in [6, 6.07) is 1.78. The molecular weight excluding hydrogens is 198 g/mol. The first-order valence-electron chi connectivity index (χ1n) is 4.67. The van der Waals surface area contributed by atoms with Crippen LogP contribution in [0, 0.1) is 0 Å². The Kier molecular flexibility index (Phi) is 4.10. The number of thiophene rings is 1. The number of hydrogen-bond donors (Lipinski definition) is 2. The van der Waals surface area contributed by atoms with E-state index in [2.05, 4.69) is 5.32 Å². The third-order valence-corrected chi connectivity index (χ3v) is 2.94. The molecule has 0 radical (unpaired) electrons. The number of aryl methyl sites for hydroxylation is 1. The summed E-state index contributed by atoms with van der Waals surface area (Å²) < 4.78 is 0. The van der Waals surface area contributed by atoms with E-state index in [1.165, 1.54) is 11.3 Å². The maximum absolute atomic E-state index is 11.6. The van der Waals surface area contributed by atoms with Gasteiger partial charge in [-0.1, -0.05) is 6.92 Å². The summed E-state index contributed by atoms with van der Waals surface area (Å²) in [5.74, 6) is -0.0848. The first kappa shape index (κ1) is 11.2. The van der Waals surface area contributed by atoms with Crippen LogP contribution in [0.5, 0.6) is 0 Å². The largest absolute Gasteiger partial charge is 0.394 e. The molecule has 1 atom stereocenters. The fourth-order valence-corrected chi connectivity index (χ4v) is 2.05. The van der Waals surface area contributed by atoms with Crippen LogP contribution in [0.3, 0.4) is 0 Å². The molecule has 0 aromatic carbocycles. The molecule has 0 unspecified atom stereocenters. The SMILES string of the molecule is CCc1ccsc1C(=O)N[C@@H](C)CO. The summed E-state index contributed by atoms with van der Waals surface area (Å²) in [7, 11) is 0. The first-order chi connectivity index (χ1) is 6.69. The molecule has 1 amide bonds. The van der Waals surface area contributed by atoms with Gasteiger partial charge in [-0.05, 0) is 30.4 Å². The lowest BCUT2D eigenvalue weighted by Crippen LogP contribution is -2.34. The lowest BCUT2D eigenvalue weighted by Gasteiger charge is -2.10. The van der Waals surface area contributed by atoms with Gasteiger partial charge >= 0.3 is 0 Å². The van der Waals surface area contributed by atoms with E-state index < -0.39 is 0 Å². The van der Waals surface area contributed by atoms with Gasteiger partial charge in [-0.25, -0.2) is 0 Å². The second-order valence-electron chi connectivity index (χ2n) is 3.19. The number of rotatable bonds is 4. The standard InChI is InChI=1S/C10H15NO2S/c1-3-8-4-5-14-9(8)10(13)11-7(2)6-12/h4-5,7,12H,3,6H2,1-2H3,(H,11,13)/t7-/m0/s1. The van der Waals surface area contributed by atoms with E-state index in [0.29, 0.717) is 0 Å². The molecule has 1 heterocycles. The normalized spacial score (nSPS) is 12.5. The Balaban J connectivity index is 2.69. The van der Waals surface area contributed by atoms with E-state index in [9.17, 15) is 4.79 Å². The predicted octanol–water partition coefficient (Wildman–Crippen LogP) is 1.42. The van der Waals surface area contributed by atoms with Gasteiger partial charge in [0.25, 0.3) is 5.91 Å². The molecule has 0 saturated heterocycles. The Bertz CT molecular complexity index is 309. The number of amides is 1. The van der Waals surface area contributed by atoms with Gasteiger partial charge in [-0.3, -0.25) is 4.79 Å². The van der Waals surface area contributed by atoms with Crippen molar-refractivity contribution in [2.24, 2.45) is 0 Å². The molecule has 4 heteroatoms. The van der Waals surface area contributed by atoms with Crippen molar-refractivity contribution in [1.82, 2.24) is 5.32 Å². The lowest BCUT2D eigenvalue weighted by atomic mass is 10.2. The quantitative estimate of drug-likeness (QED) is 0.794. The molecule has 0 spiro atoms. The number of nitrogens with one attached hydrogen (secondary N) is 1. The first-order valence-corrected chi connectivity index (χ1v) is 5.55. The van der Waals surface area contributed by atoms with Gasteiger partial charge < -0.3 is 10.4 Å². The highest BCUT2D eigenvalue weighted by molar-refractivity contribution is 7.12. The van der Waals surface area contributed by atoms with Crippen LogP contribution < -0.4 is 5.32 Å². The number of aliphatic hydroxyl groups excluding tert-OH is 1. The Hall–Kier alpha value is -0.870. The Morgan fingerprint density at radius 3 is 3.00 bits per heavy atom. The minimum absolute atomic E-state index is 0.0292. The van der Waals surface area contributed by atoms with Gasteiger partial charge in [0.2, 0.25) is 0 Å². The third-order valence-electron chi connectivity index (χ3n) is 1.99. The predicted molar refractivity (Wildman–Crippen MR) is 57.7 cm³/mol. The molecule has 1 aromatic heterocycles. The van der Waals surface area contributed by atoms with Gasteiger partial charge in [0.15, 0.2) is 0 Å². The average Bonchev–Trinajstić information content (AvgIpc) is 2.65. The number of hydrogen-bond acceptors (Lipinski definition) is 3. The van der Waals surface area contributed by atoms with E-state index in [1.807, 2.05) is 18.4 Å². The topological polar surface area (TPSA) is 49.3 Å². The minimum atomic E-state index is -0.186. The van der Waals surface area contributed by atoms with Crippen LogP contribution in [0.25, 0.3) is 0 Å². The van der Waals surface area contributed by atoms with Crippen LogP contribution in [0.1, 0.15) is 29.1 Å². The lowest BCUT2D eigenvalue weighted by molar-refractivity contribution is 0.0925. The Labute approximate surface area is 87.8 Å². The molecule has 0 aliphatic rings.